The minimum absolute atomic E-state index is 0.176. The van der Waals surface area contributed by atoms with Crippen LogP contribution in [0.3, 0.4) is 0 Å². The third-order valence-electron chi connectivity index (χ3n) is 1.40. The first-order valence-electron chi connectivity index (χ1n) is 3.69. The van der Waals surface area contributed by atoms with Gasteiger partial charge in [0, 0.05) is 12.4 Å². The molecule has 6 heteroatoms. The van der Waals surface area contributed by atoms with Crippen molar-refractivity contribution in [2.45, 2.75) is 25.8 Å². The normalized spacial score (nSPS) is 12.1. The Morgan fingerprint density at radius 3 is 2.15 bits per heavy atom. The lowest BCUT2D eigenvalue weighted by Gasteiger charge is -2.14. The van der Waals surface area contributed by atoms with Gasteiger partial charge in [0.25, 0.3) is 0 Å². The number of carboxylic acids is 2. The van der Waals surface area contributed by atoms with Crippen molar-refractivity contribution in [1.29, 1.82) is 0 Å². The van der Waals surface area contributed by atoms with Gasteiger partial charge in [0.2, 0.25) is 0 Å². The number of aliphatic carboxylic acids is 2. The first-order chi connectivity index (χ1) is 5.93. The number of carbonyl (C=O) groups is 3. The molecule has 13 heavy (non-hydrogen) atoms. The van der Waals surface area contributed by atoms with E-state index >= 15 is 0 Å². The van der Waals surface area contributed by atoms with Crippen LogP contribution in [0.25, 0.3) is 0 Å². The molecule has 0 heterocycles. The lowest BCUT2D eigenvalue weighted by atomic mass is 10.1. The lowest BCUT2D eigenvalue weighted by molar-refractivity contribution is -0.602. The van der Waals surface area contributed by atoms with Crippen molar-refractivity contribution >= 4 is 17.8 Å². The predicted molar refractivity (Wildman–Crippen MR) is 35.6 cm³/mol. The summed E-state index contributed by atoms with van der Waals surface area (Å²) in [5.41, 5.74) is 0. The molecule has 0 bridgehead atoms. The van der Waals surface area contributed by atoms with E-state index in [9.17, 15) is 24.6 Å². The van der Waals surface area contributed by atoms with Gasteiger partial charge in [-0.1, -0.05) is 0 Å². The molecule has 0 aliphatic heterocycles. The van der Waals surface area contributed by atoms with Crippen molar-refractivity contribution in [2.75, 3.05) is 0 Å². The molecule has 0 aliphatic carbocycles. The Labute approximate surface area is 74.6 Å². The third kappa shape index (κ3) is 5.80. The fourth-order valence-electron chi connectivity index (χ4n) is 0.826. The van der Waals surface area contributed by atoms with Crippen LogP contribution in [-0.2, 0) is 14.4 Å². The Hall–Kier alpha value is -1.43. The molecule has 0 saturated heterocycles. The number of hydrogen-bond donors (Lipinski definition) is 1. The molecule has 1 atom stereocenters. The van der Waals surface area contributed by atoms with Crippen molar-refractivity contribution in [3.63, 3.8) is 0 Å². The summed E-state index contributed by atoms with van der Waals surface area (Å²) in [6.45, 7) is 1.19. The van der Waals surface area contributed by atoms with E-state index in [1.807, 2.05) is 0 Å². The highest BCUT2D eigenvalue weighted by atomic mass is 16.4. The van der Waals surface area contributed by atoms with E-state index < -0.39 is 30.3 Å². The zero-order valence-corrected chi connectivity index (χ0v) is 7.11. The monoisotopic (exact) mass is 188 g/mol. The smallest absolute Gasteiger partial charge is 0.307 e. The molecule has 0 rings (SSSR count). The van der Waals surface area contributed by atoms with Crippen LogP contribution in [0.2, 0.25) is 0 Å². The van der Waals surface area contributed by atoms with E-state index in [0.717, 1.165) is 5.32 Å². The number of amides is 1. The number of rotatable bonds is 5. The molecule has 0 aromatic rings. The van der Waals surface area contributed by atoms with E-state index in [0.29, 0.717) is 0 Å². The van der Waals surface area contributed by atoms with Gasteiger partial charge in [0.05, 0.1) is 12.9 Å². The number of primary amides is 1. The Balaban J connectivity index is 4.02. The fraction of sp³-hybridized carbons (Fsp3) is 0.571. The fourth-order valence-corrected chi connectivity index (χ4v) is 0.826. The van der Waals surface area contributed by atoms with Crippen molar-refractivity contribution in [1.82, 2.24) is 0 Å². The Morgan fingerprint density at radius 2 is 1.85 bits per heavy atom. The van der Waals surface area contributed by atoms with E-state index in [2.05, 4.69) is 0 Å². The maximum Gasteiger partial charge on any atom is 0.307 e. The highest BCUT2D eigenvalue weighted by Crippen LogP contribution is 1.90. The Bertz CT molecular complexity index is 225. The van der Waals surface area contributed by atoms with Crippen LogP contribution >= 0.6 is 0 Å². The average Bonchev–Trinajstić information content (AvgIpc) is 1.96. The first kappa shape index (κ1) is 11.6. The lowest BCUT2D eigenvalue weighted by Crippen LogP contribution is -2.95. The van der Waals surface area contributed by atoms with Crippen LogP contribution in [0.15, 0.2) is 0 Å². The molecule has 1 amide bonds. The summed E-state index contributed by atoms with van der Waals surface area (Å²) in [5.74, 6) is -3.22. The average molecular weight is 188 g/mol. The van der Waals surface area contributed by atoms with E-state index in [1.165, 1.54) is 6.92 Å². The van der Waals surface area contributed by atoms with E-state index in [-0.39, 0.29) is 6.42 Å². The zero-order chi connectivity index (χ0) is 10.4. The molecule has 0 saturated carbocycles. The van der Waals surface area contributed by atoms with E-state index in [1.54, 1.807) is 0 Å². The molecule has 0 aromatic carbocycles. The number of carbonyl (C=O) groups excluding carboxylic acids is 3. The molecular formula is C7H10NO5-. The minimum atomic E-state index is -1.45. The summed E-state index contributed by atoms with van der Waals surface area (Å²) in [5, 5.41) is 21.3. The molecule has 0 unspecified atom stereocenters. The van der Waals surface area contributed by atoms with Crippen LogP contribution in [-0.4, -0.2) is 23.9 Å². The second kappa shape index (κ2) is 5.26. The van der Waals surface area contributed by atoms with Gasteiger partial charge in [-0.3, -0.25) is 5.32 Å². The predicted octanol–water partition coefficient (Wildman–Crippen LogP) is -4.26. The summed E-state index contributed by atoms with van der Waals surface area (Å²) in [6.07, 6.45) is -0.577. The molecule has 74 valence electrons. The van der Waals surface area contributed by atoms with Crippen molar-refractivity contribution in [2.24, 2.45) is 0 Å². The van der Waals surface area contributed by atoms with Gasteiger partial charge in [0.1, 0.15) is 6.04 Å². The topological polar surface area (TPSA) is 114 Å². The summed E-state index contributed by atoms with van der Waals surface area (Å²) in [4.78, 5) is 30.8. The molecule has 0 spiro atoms. The van der Waals surface area contributed by atoms with Crippen LogP contribution in [0, 0.1) is 0 Å². The quantitative estimate of drug-likeness (QED) is 0.469. The number of hydrogen-bond acceptors (Lipinski definition) is 5. The molecule has 0 aliphatic rings. The van der Waals surface area contributed by atoms with E-state index in [4.69, 9.17) is 0 Å². The zero-order valence-electron chi connectivity index (χ0n) is 7.11. The summed E-state index contributed by atoms with van der Waals surface area (Å²) in [7, 11) is 0. The van der Waals surface area contributed by atoms with Crippen molar-refractivity contribution in [3.05, 3.63) is 0 Å². The van der Waals surface area contributed by atoms with Gasteiger partial charge in [-0.2, -0.15) is 0 Å². The van der Waals surface area contributed by atoms with Crippen LogP contribution in [0.5, 0.6) is 0 Å². The Kier molecular flexibility index (Phi) is 4.68. The van der Waals surface area contributed by atoms with Gasteiger partial charge < -0.3 is 19.8 Å². The standard InChI is InChI=1S/C7H11NO5/c1-4(9)8-5(7(12)13)2-3-6(10)11/h5H,2-3H2,1H3,(H,8,9)(H,10,11)(H,12,13)/p-1/t5-/m0/s1. The molecule has 6 nitrogen and oxygen atoms in total. The second-order valence-electron chi connectivity index (χ2n) is 2.61. The minimum Gasteiger partial charge on any atom is -0.550 e. The highest BCUT2D eigenvalue weighted by molar-refractivity contribution is 5.73. The van der Waals surface area contributed by atoms with Gasteiger partial charge in [0.15, 0.2) is 0 Å². The Morgan fingerprint density at radius 1 is 1.31 bits per heavy atom. The highest BCUT2D eigenvalue weighted by Gasteiger charge is 2.15. The maximum atomic E-state index is 10.5. The van der Waals surface area contributed by atoms with Gasteiger partial charge in [-0.05, 0) is 6.42 Å². The van der Waals surface area contributed by atoms with Crippen LogP contribution in [0.4, 0.5) is 0 Å². The third-order valence-corrected chi connectivity index (χ3v) is 1.40. The van der Waals surface area contributed by atoms with Crippen molar-refractivity contribution in [3.8, 4) is 0 Å². The first-order valence-corrected chi connectivity index (χ1v) is 3.69. The van der Waals surface area contributed by atoms with Crippen LogP contribution in [0.1, 0.15) is 19.8 Å². The SMILES string of the molecule is CC(=O)[NH2+][C@@H](CCC(=O)[O-])C(=O)[O-]. The van der Waals surface area contributed by atoms with Gasteiger partial charge >= 0.3 is 5.91 Å². The number of carboxylic acid groups (broad SMARTS) is 2. The van der Waals surface area contributed by atoms with Crippen LogP contribution < -0.4 is 15.5 Å². The van der Waals surface area contributed by atoms with Gasteiger partial charge in [-0.15, -0.1) is 0 Å². The molecule has 0 radical (unpaired) electrons. The van der Waals surface area contributed by atoms with Crippen molar-refractivity contribution < 1.29 is 29.9 Å². The molecule has 0 aromatic heterocycles. The molecule has 0 fully saturated rings. The largest absolute Gasteiger partial charge is 0.550 e. The summed E-state index contributed by atoms with van der Waals surface area (Å²) >= 11 is 0. The maximum absolute atomic E-state index is 10.5. The number of nitrogens with two attached hydrogens (primary N) is 1. The second-order valence-corrected chi connectivity index (χ2v) is 2.61. The molecular weight excluding hydrogens is 178 g/mol. The summed E-state index contributed by atoms with van der Waals surface area (Å²) < 4.78 is 0. The summed E-state index contributed by atoms with van der Waals surface area (Å²) in [6, 6.07) is -1.14. The molecule has 2 N–H and O–H groups in total. The van der Waals surface area contributed by atoms with Gasteiger partial charge in [-0.25, -0.2) is 4.79 Å². The number of quaternary nitrogens is 1.